The Labute approximate surface area is 157 Å². The summed E-state index contributed by atoms with van der Waals surface area (Å²) in [5, 5.41) is 2.78. The molecule has 0 aliphatic carbocycles. The lowest BCUT2D eigenvalue weighted by Crippen LogP contribution is -2.35. The Morgan fingerprint density at radius 3 is 2.69 bits per heavy atom. The molecule has 3 rings (SSSR count). The van der Waals surface area contributed by atoms with Crippen LogP contribution in [0.3, 0.4) is 0 Å². The highest BCUT2D eigenvalue weighted by atomic mass is 35.5. The number of hydrogen-bond acceptors (Lipinski definition) is 3. The number of carbonyl (C=O) groups excluding carboxylic acids is 1. The monoisotopic (exact) mass is 376 g/mol. The number of halogens is 2. The number of amides is 1. The number of hydrogen-bond donors (Lipinski definition) is 1. The van der Waals surface area contributed by atoms with Crippen LogP contribution in [0.4, 0.5) is 10.1 Å². The maximum Gasteiger partial charge on any atom is 0.260 e. The van der Waals surface area contributed by atoms with Crippen LogP contribution in [0.5, 0.6) is 5.75 Å². The zero-order chi connectivity index (χ0) is 18.7. The number of anilines is 1. The molecule has 1 N–H and O–H groups in total. The lowest BCUT2D eigenvalue weighted by Gasteiger charge is -2.29. The highest BCUT2D eigenvalue weighted by molar-refractivity contribution is 6.34. The number of ether oxygens (including phenoxy) is 1. The highest BCUT2D eigenvalue weighted by Crippen LogP contribution is 2.27. The van der Waals surface area contributed by atoms with Crippen LogP contribution in [-0.4, -0.2) is 37.0 Å². The van der Waals surface area contributed by atoms with Gasteiger partial charge in [-0.1, -0.05) is 23.7 Å². The van der Waals surface area contributed by atoms with Gasteiger partial charge in [0.2, 0.25) is 0 Å². The second kappa shape index (κ2) is 8.06. The number of aryl methyl sites for hydroxylation is 1. The molecule has 1 amide bonds. The van der Waals surface area contributed by atoms with Crippen LogP contribution in [0.1, 0.15) is 28.8 Å². The maximum atomic E-state index is 13.9. The van der Waals surface area contributed by atoms with E-state index in [-0.39, 0.29) is 16.7 Å². The summed E-state index contributed by atoms with van der Waals surface area (Å²) in [6.07, 6.45) is 2.10. The lowest BCUT2D eigenvalue weighted by atomic mass is 10.1. The first-order valence-electron chi connectivity index (χ1n) is 8.65. The Bertz CT molecular complexity index is 784. The first kappa shape index (κ1) is 18.7. The van der Waals surface area contributed by atoms with E-state index in [4.69, 9.17) is 16.3 Å². The van der Waals surface area contributed by atoms with E-state index in [1.54, 1.807) is 12.1 Å². The lowest BCUT2D eigenvalue weighted by molar-refractivity contribution is 0.102. The summed E-state index contributed by atoms with van der Waals surface area (Å²) in [4.78, 5) is 14.7. The van der Waals surface area contributed by atoms with Gasteiger partial charge in [-0.25, -0.2) is 4.39 Å². The molecule has 4 nitrogen and oxygen atoms in total. The van der Waals surface area contributed by atoms with Crippen molar-refractivity contribution >= 4 is 23.2 Å². The van der Waals surface area contributed by atoms with E-state index in [0.717, 1.165) is 37.2 Å². The molecular formula is C20H22ClFN2O2. The van der Waals surface area contributed by atoms with E-state index in [2.05, 4.69) is 17.3 Å². The number of piperidine rings is 1. The molecule has 0 spiro atoms. The van der Waals surface area contributed by atoms with E-state index >= 15 is 0 Å². The average molecular weight is 377 g/mol. The number of benzene rings is 2. The zero-order valence-corrected chi connectivity index (χ0v) is 15.6. The van der Waals surface area contributed by atoms with Crippen molar-refractivity contribution < 1.29 is 13.9 Å². The fraction of sp³-hybridized carbons (Fsp3) is 0.350. The molecule has 2 aromatic carbocycles. The Balaban J connectivity index is 1.74. The SMILES string of the molecule is Cc1ccc(NC(=O)c2c(F)cccc2Cl)cc1OC1CCN(C)CC1. The highest BCUT2D eigenvalue weighted by Gasteiger charge is 2.20. The fourth-order valence-corrected chi connectivity index (χ4v) is 3.24. The van der Waals surface area contributed by atoms with Crippen molar-refractivity contribution in [1.29, 1.82) is 0 Å². The molecule has 1 aliphatic heterocycles. The van der Waals surface area contributed by atoms with Crippen LogP contribution >= 0.6 is 11.6 Å². The Kier molecular flexibility index (Phi) is 5.79. The van der Waals surface area contributed by atoms with Crippen LogP contribution in [-0.2, 0) is 0 Å². The van der Waals surface area contributed by atoms with E-state index in [1.165, 1.54) is 18.2 Å². The predicted molar refractivity (Wildman–Crippen MR) is 102 cm³/mol. The molecule has 2 aromatic rings. The van der Waals surface area contributed by atoms with Gasteiger partial charge in [0.25, 0.3) is 5.91 Å². The number of rotatable bonds is 4. The first-order valence-corrected chi connectivity index (χ1v) is 9.03. The smallest absolute Gasteiger partial charge is 0.260 e. The number of nitrogens with one attached hydrogen (secondary N) is 1. The molecule has 0 unspecified atom stereocenters. The second-order valence-electron chi connectivity index (χ2n) is 6.65. The van der Waals surface area contributed by atoms with Crippen molar-refractivity contribution in [1.82, 2.24) is 4.90 Å². The van der Waals surface area contributed by atoms with Gasteiger partial charge in [0.1, 0.15) is 17.7 Å². The van der Waals surface area contributed by atoms with E-state index in [9.17, 15) is 9.18 Å². The Morgan fingerprint density at radius 2 is 2.00 bits per heavy atom. The average Bonchev–Trinajstić information content (AvgIpc) is 2.59. The minimum Gasteiger partial charge on any atom is -0.490 e. The normalized spacial score (nSPS) is 15.7. The van der Waals surface area contributed by atoms with E-state index in [1.807, 2.05) is 13.0 Å². The van der Waals surface area contributed by atoms with Crippen LogP contribution < -0.4 is 10.1 Å². The largest absolute Gasteiger partial charge is 0.490 e. The first-order chi connectivity index (χ1) is 12.4. The molecule has 1 aliphatic rings. The minimum absolute atomic E-state index is 0.0809. The van der Waals surface area contributed by atoms with Gasteiger partial charge in [-0.3, -0.25) is 4.79 Å². The molecule has 1 fully saturated rings. The second-order valence-corrected chi connectivity index (χ2v) is 7.06. The molecule has 0 radical (unpaired) electrons. The molecule has 0 bridgehead atoms. The van der Waals surface area contributed by atoms with E-state index < -0.39 is 11.7 Å². The van der Waals surface area contributed by atoms with E-state index in [0.29, 0.717) is 5.69 Å². The summed E-state index contributed by atoms with van der Waals surface area (Å²) in [7, 11) is 2.10. The molecule has 0 atom stereocenters. The van der Waals surface area contributed by atoms with Crippen LogP contribution in [0.2, 0.25) is 5.02 Å². The van der Waals surface area contributed by atoms with Gasteiger partial charge in [0, 0.05) is 24.8 Å². The van der Waals surface area contributed by atoms with Crippen molar-refractivity contribution in [3.05, 3.63) is 58.4 Å². The van der Waals surface area contributed by atoms with Crippen molar-refractivity contribution in [2.45, 2.75) is 25.9 Å². The number of likely N-dealkylation sites (tertiary alicyclic amines) is 1. The quantitative estimate of drug-likeness (QED) is 0.853. The van der Waals surface area contributed by atoms with Gasteiger partial charge in [0.05, 0.1) is 10.6 Å². The molecule has 1 saturated heterocycles. The molecular weight excluding hydrogens is 355 g/mol. The summed E-state index contributed by atoms with van der Waals surface area (Å²) in [6.45, 7) is 3.97. The van der Waals surface area contributed by atoms with Crippen LogP contribution in [0.15, 0.2) is 36.4 Å². The standard InChI is InChI=1S/C20H22ClFN2O2/c1-13-6-7-14(12-18(13)26-15-8-10-24(2)11-9-15)23-20(25)19-16(21)4-3-5-17(19)22/h3-7,12,15H,8-11H2,1-2H3,(H,23,25). The van der Waals surface area contributed by atoms with Gasteiger partial charge < -0.3 is 15.0 Å². The summed E-state index contributed by atoms with van der Waals surface area (Å²) in [5.41, 5.74) is 1.38. The van der Waals surface area contributed by atoms with Gasteiger partial charge in [-0.15, -0.1) is 0 Å². The van der Waals surface area contributed by atoms with Crippen LogP contribution in [0.25, 0.3) is 0 Å². The molecule has 1 heterocycles. The topological polar surface area (TPSA) is 41.6 Å². The fourth-order valence-electron chi connectivity index (χ4n) is 3.00. The van der Waals surface area contributed by atoms with Gasteiger partial charge in [0.15, 0.2) is 0 Å². The summed E-state index contributed by atoms with van der Waals surface area (Å²) in [6, 6.07) is 9.59. The maximum absolute atomic E-state index is 13.9. The summed E-state index contributed by atoms with van der Waals surface area (Å²) < 4.78 is 20.0. The Morgan fingerprint density at radius 1 is 1.27 bits per heavy atom. The Hall–Kier alpha value is -2.11. The molecule has 138 valence electrons. The minimum atomic E-state index is -0.648. The van der Waals surface area contributed by atoms with Gasteiger partial charge >= 0.3 is 0 Å². The number of carbonyl (C=O) groups is 1. The molecule has 6 heteroatoms. The number of nitrogens with zero attached hydrogens (tertiary/aromatic N) is 1. The molecule has 0 saturated carbocycles. The van der Waals surface area contributed by atoms with Gasteiger partial charge in [-0.05, 0) is 50.6 Å². The van der Waals surface area contributed by atoms with Crippen LogP contribution in [0, 0.1) is 12.7 Å². The van der Waals surface area contributed by atoms with Crippen molar-refractivity contribution in [2.24, 2.45) is 0 Å². The summed E-state index contributed by atoms with van der Waals surface area (Å²) in [5.74, 6) is -0.496. The molecule has 26 heavy (non-hydrogen) atoms. The third-order valence-electron chi connectivity index (χ3n) is 4.60. The predicted octanol–water partition coefficient (Wildman–Crippen LogP) is 4.51. The van der Waals surface area contributed by atoms with Crippen molar-refractivity contribution in [3.63, 3.8) is 0 Å². The van der Waals surface area contributed by atoms with Gasteiger partial charge in [-0.2, -0.15) is 0 Å². The third kappa shape index (κ3) is 4.34. The summed E-state index contributed by atoms with van der Waals surface area (Å²) >= 11 is 5.96. The van der Waals surface area contributed by atoms with Crippen molar-refractivity contribution in [3.8, 4) is 5.75 Å². The molecule has 0 aromatic heterocycles. The third-order valence-corrected chi connectivity index (χ3v) is 4.91. The van der Waals surface area contributed by atoms with Crippen molar-refractivity contribution in [2.75, 3.05) is 25.5 Å². The zero-order valence-electron chi connectivity index (χ0n) is 14.9.